The van der Waals surface area contributed by atoms with Crippen molar-refractivity contribution in [2.75, 3.05) is 19.6 Å². The number of rotatable bonds is 22. The summed E-state index contributed by atoms with van der Waals surface area (Å²) in [6.45, 7) is 12.9. The first kappa shape index (κ1) is 42.7. The molecule has 2 aliphatic rings. The van der Waals surface area contributed by atoms with E-state index in [0.717, 1.165) is 43.6 Å². The van der Waals surface area contributed by atoms with Gasteiger partial charge in [-0.2, -0.15) is 0 Å². The molecule has 4 amide bonds. The van der Waals surface area contributed by atoms with E-state index in [1.54, 1.807) is 0 Å². The quantitative estimate of drug-likeness (QED) is 0.125. The molecule has 0 unspecified atom stereocenters. The number of ketones is 1. The minimum Gasteiger partial charge on any atom is -0.344 e. The Hall–Kier alpha value is -4.05. The fraction of sp³-hybridized carbons (Fsp3) is 0.614. The second kappa shape index (κ2) is 21.1. The summed E-state index contributed by atoms with van der Waals surface area (Å²) < 4.78 is 0. The number of piperidine rings is 1. The highest BCUT2D eigenvalue weighted by Gasteiger charge is 2.48. The first-order valence-corrected chi connectivity index (χ1v) is 20.4. The van der Waals surface area contributed by atoms with Gasteiger partial charge in [0, 0.05) is 18.3 Å². The van der Waals surface area contributed by atoms with E-state index in [0.29, 0.717) is 38.5 Å². The van der Waals surface area contributed by atoms with Crippen molar-refractivity contribution in [3.05, 3.63) is 71.8 Å². The van der Waals surface area contributed by atoms with Gasteiger partial charge in [-0.1, -0.05) is 102 Å². The third-order valence-corrected chi connectivity index (χ3v) is 10.7. The average molecular weight is 744 g/mol. The summed E-state index contributed by atoms with van der Waals surface area (Å²) in [6, 6.07) is 15.8. The molecule has 1 saturated heterocycles. The van der Waals surface area contributed by atoms with Crippen molar-refractivity contribution in [1.82, 2.24) is 26.2 Å². The molecule has 4 atom stereocenters. The summed E-state index contributed by atoms with van der Waals surface area (Å²) in [6.07, 6.45) is 8.27. The third-order valence-electron chi connectivity index (χ3n) is 10.7. The zero-order valence-electron chi connectivity index (χ0n) is 33.3. The number of benzene rings is 2. The number of amides is 4. The molecular weight excluding hydrogens is 679 g/mol. The van der Waals surface area contributed by atoms with Gasteiger partial charge in [-0.15, -0.1) is 0 Å². The van der Waals surface area contributed by atoms with Crippen molar-refractivity contribution in [3.63, 3.8) is 0 Å². The molecule has 1 aliphatic carbocycles. The number of hydrogen-bond donors (Lipinski definition) is 4. The van der Waals surface area contributed by atoms with Crippen LogP contribution < -0.4 is 21.3 Å². The number of carbonyl (C=O) groups is 5. The Bertz CT molecular complexity index is 1500. The Balaban J connectivity index is 1.48. The van der Waals surface area contributed by atoms with Crippen molar-refractivity contribution < 1.29 is 24.0 Å². The lowest BCUT2D eigenvalue weighted by atomic mass is 9.91. The lowest BCUT2D eigenvalue weighted by molar-refractivity contribution is -0.135. The van der Waals surface area contributed by atoms with Gasteiger partial charge in [0.2, 0.25) is 23.6 Å². The van der Waals surface area contributed by atoms with Gasteiger partial charge in [0.1, 0.15) is 18.1 Å². The molecule has 2 aromatic carbocycles. The molecule has 2 aromatic rings. The molecule has 0 radical (unpaired) electrons. The predicted octanol–water partition coefficient (Wildman–Crippen LogP) is 5.53. The molecule has 10 nitrogen and oxygen atoms in total. The molecule has 54 heavy (non-hydrogen) atoms. The molecular formula is C44H65N5O5. The highest BCUT2D eigenvalue weighted by molar-refractivity contribution is 5.97. The van der Waals surface area contributed by atoms with Crippen LogP contribution in [0.15, 0.2) is 60.7 Å². The minimum absolute atomic E-state index is 0.0365. The Labute approximate surface area is 323 Å². The van der Waals surface area contributed by atoms with E-state index in [-0.39, 0.29) is 29.9 Å². The lowest BCUT2D eigenvalue weighted by Gasteiger charge is -2.28. The Morgan fingerprint density at radius 1 is 0.648 bits per heavy atom. The molecule has 0 spiro atoms. The first-order chi connectivity index (χ1) is 25.8. The van der Waals surface area contributed by atoms with Gasteiger partial charge in [-0.05, 0) is 100 Å². The first-order valence-electron chi connectivity index (χ1n) is 20.4. The van der Waals surface area contributed by atoms with Gasteiger partial charge in [-0.25, -0.2) is 0 Å². The van der Waals surface area contributed by atoms with Gasteiger partial charge >= 0.3 is 0 Å². The van der Waals surface area contributed by atoms with Crippen molar-refractivity contribution in [3.8, 4) is 0 Å². The Kier molecular flexibility index (Phi) is 16.7. The molecule has 0 bridgehead atoms. The molecule has 1 aliphatic heterocycles. The molecule has 296 valence electrons. The van der Waals surface area contributed by atoms with E-state index in [1.807, 2.05) is 95.3 Å². The van der Waals surface area contributed by atoms with Crippen molar-refractivity contribution >= 4 is 29.4 Å². The summed E-state index contributed by atoms with van der Waals surface area (Å²) in [4.78, 5) is 71.3. The predicted molar refractivity (Wildman–Crippen MR) is 213 cm³/mol. The maximum absolute atomic E-state index is 14.1. The van der Waals surface area contributed by atoms with Crippen LogP contribution in [0.2, 0.25) is 0 Å². The fourth-order valence-corrected chi connectivity index (χ4v) is 7.27. The van der Waals surface area contributed by atoms with Gasteiger partial charge in [0.05, 0.1) is 6.04 Å². The summed E-state index contributed by atoms with van der Waals surface area (Å²) in [7, 11) is 0. The van der Waals surface area contributed by atoms with Crippen LogP contribution in [0, 0.1) is 17.3 Å². The number of aryl methyl sites for hydroxylation is 1. The minimum atomic E-state index is -0.977. The average Bonchev–Trinajstić information content (AvgIpc) is 3.91. The number of carbonyl (C=O) groups excluding carboxylic acids is 5. The lowest BCUT2D eigenvalue weighted by Crippen LogP contribution is -2.58. The number of likely N-dealkylation sites (tertiary alicyclic amines) is 1. The number of nitrogens with zero attached hydrogens (tertiary/aromatic N) is 1. The maximum Gasteiger partial charge on any atom is 0.243 e. The second-order valence-electron chi connectivity index (χ2n) is 16.7. The fourth-order valence-electron chi connectivity index (χ4n) is 7.27. The number of hydrogen-bond acceptors (Lipinski definition) is 6. The van der Waals surface area contributed by atoms with Crippen molar-refractivity contribution in [2.24, 2.45) is 17.3 Å². The van der Waals surface area contributed by atoms with Gasteiger partial charge in [0.15, 0.2) is 5.78 Å². The van der Waals surface area contributed by atoms with Crippen molar-refractivity contribution in [1.29, 1.82) is 0 Å². The maximum atomic E-state index is 14.1. The Morgan fingerprint density at radius 2 is 1.17 bits per heavy atom. The Morgan fingerprint density at radius 3 is 1.76 bits per heavy atom. The molecule has 4 rings (SSSR count). The van der Waals surface area contributed by atoms with E-state index >= 15 is 0 Å². The van der Waals surface area contributed by atoms with Crippen LogP contribution in [-0.4, -0.2) is 78.1 Å². The second-order valence-corrected chi connectivity index (χ2v) is 16.7. The van der Waals surface area contributed by atoms with Crippen LogP contribution in [0.3, 0.4) is 0 Å². The van der Waals surface area contributed by atoms with E-state index in [1.165, 1.54) is 19.3 Å². The summed E-state index contributed by atoms with van der Waals surface area (Å²) in [5.41, 5.74) is 1.48. The molecule has 0 aromatic heterocycles. The zero-order valence-corrected chi connectivity index (χ0v) is 33.3. The van der Waals surface area contributed by atoms with E-state index in [2.05, 4.69) is 26.2 Å². The zero-order chi connectivity index (χ0) is 39.1. The van der Waals surface area contributed by atoms with Crippen LogP contribution in [0.4, 0.5) is 0 Å². The smallest absolute Gasteiger partial charge is 0.243 e. The van der Waals surface area contributed by atoms with Gasteiger partial charge in [-0.3, -0.25) is 24.0 Å². The number of nitrogens with one attached hydrogen (secondary N) is 4. The highest BCUT2D eigenvalue weighted by atomic mass is 16.2. The standard InChI is InChI=1S/C44H65N5O5/c1-31(2)28-36(40(51)44(5)23-24-44)46-43(54)38(30-34-18-11-7-12-19-34)48-42(53)37(29-32(3)4)47-41(52)35(22-21-33-16-9-6-10-17-33)45-39(50)20-15-27-49-25-13-8-14-26-49/h6-7,9-12,16-19,31-32,35-38H,8,13-15,20-30H2,1-5H3,(H,45,50)(H,46,54)(H,47,52)(H,48,53)/t35-,36-,37-,38-/m0/s1. The topological polar surface area (TPSA) is 137 Å². The van der Waals surface area contributed by atoms with Crippen molar-refractivity contribution in [2.45, 2.75) is 136 Å². The van der Waals surface area contributed by atoms with Crippen LogP contribution in [0.1, 0.15) is 110 Å². The summed E-state index contributed by atoms with van der Waals surface area (Å²) in [5.74, 6) is -1.27. The third kappa shape index (κ3) is 14.3. The van der Waals surface area contributed by atoms with Crippen LogP contribution in [0.25, 0.3) is 0 Å². The monoisotopic (exact) mass is 743 g/mol. The SMILES string of the molecule is CC(C)C[C@H](NC(=O)[C@H](CCc1ccccc1)NC(=O)CCCN1CCCCC1)C(=O)N[C@@H](Cc1ccccc1)C(=O)N[C@@H](CC(C)C)C(=O)C1(C)CC1. The molecule has 2 fully saturated rings. The molecule has 10 heteroatoms. The van der Waals surface area contributed by atoms with E-state index in [4.69, 9.17) is 0 Å². The largest absolute Gasteiger partial charge is 0.344 e. The molecule has 1 saturated carbocycles. The summed E-state index contributed by atoms with van der Waals surface area (Å²) in [5, 5.41) is 11.9. The van der Waals surface area contributed by atoms with E-state index in [9.17, 15) is 24.0 Å². The molecule has 1 heterocycles. The van der Waals surface area contributed by atoms with Gasteiger partial charge < -0.3 is 26.2 Å². The van der Waals surface area contributed by atoms with Crippen LogP contribution in [0.5, 0.6) is 0 Å². The summed E-state index contributed by atoms with van der Waals surface area (Å²) >= 11 is 0. The number of Topliss-reactive ketones (excluding diaryl/α,β-unsaturated/α-hetero) is 1. The van der Waals surface area contributed by atoms with E-state index < -0.39 is 47.3 Å². The molecule has 4 N–H and O–H groups in total. The van der Waals surface area contributed by atoms with Crippen LogP contribution >= 0.6 is 0 Å². The normalized spacial score (nSPS) is 17.5. The van der Waals surface area contributed by atoms with Crippen LogP contribution in [-0.2, 0) is 36.8 Å². The highest BCUT2D eigenvalue weighted by Crippen LogP contribution is 2.47. The van der Waals surface area contributed by atoms with Gasteiger partial charge in [0.25, 0.3) is 0 Å².